The Morgan fingerprint density at radius 2 is 1.64 bits per heavy atom. The van der Waals surface area contributed by atoms with Crippen LogP contribution in [0.25, 0.3) is 11.3 Å². The molecule has 0 bridgehead atoms. The molecule has 0 atom stereocenters. The van der Waals surface area contributed by atoms with Crippen molar-refractivity contribution < 1.29 is 4.68 Å². The molecule has 0 amide bonds. The number of rotatable bonds is 6. The first-order valence-electron chi connectivity index (χ1n) is 7.93. The van der Waals surface area contributed by atoms with Gasteiger partial charge >= 0.3 is 0 Å². The summed E-state index contributed by atoms with van der Waals surface area (Å²) in [5.74, 6) is 0. The Labute approximate surface area is 131 Å². The van der Waals surface area contributed by atoms with E-state index in [4.69, 9.17) is 5.21 Å². The smallest absolute Gasteiger partial charge is 0.132 e. The summed E-state index contributed by atoms with van der Waals surface area (Å²) in [4.78, 5) is 0. The van der Waals surface area contributed by atoms with Gasteiger partial charge in [0, 0.05) is 5.56 Å². The van der Waals surface area contributed by atoms with E-state index in [9.17, 15) is 0 Å². The van der Waals surface area contributed by atoms with E-state index in [1.807, 2.05) is 16.8 Å². The van der Waals surface area contributed by atoms with Crippen LogP contribution < -0.4 is 4.68 Å². The fourth-order valence-corrected chi connectivity index (χ4v) is 2.57. The van der Waals surface area contributed by atoms with Crippen molar-refractivity contribution in [2.24, 2.45) is 0 Å². The summed E-state index contributed by atoms with van der Waals surface area (Å²) in [6.07, 6.45) is 4.47. The van der Waals surface area contributed by atoms with Crippen LogP contribution in [0.1, 0.15) is 25.3 Å². The largest absolute Gasteiger partial charge is 0.197 e. The first kappa shape index (κ1) is 14.5. The van der Waals surface area contributed by atoms with Crippen LogP contribution in [0.2, 0.25) is 0 Å². The maximum Gasteiger partial charge on any atom is 0.197 e. The van der Waals surface area contributed by atoms with Gasteiger partial charge in [-0.15, -0.1) is 9.36 Å². The molecule has 1 heterocycles. The van der Waals surface area contributed by atoms with Crippen LogP contribution in [0.15, 0.2) is 66.9 Å². The van der Waals surface area contributed by atoms with Crippen molar-refractivity contribution >= 4 is 0 Å². The van der Waals surface area contributed by atoms with Crippen molar-refractivity contribution in [1.82, 2.24) is 9.90 Å². The third-order valence-corrected chi connectivity index (χ3v) is 3.75. The van der Waals surface area contributed by atoms with Crippen LogP contribution in [0.5, 0.6) is 0 Å². The molecule has 0 aliphatic rings. The molecule has 3 aromatic rings. The maximum atomic E-state index is 4.75. The molecule has 0 radical (unpaired) electrons. The Kier molecular flexibility index (Phi) is 4.64. The Morgan fingerprint density at radius 1 is 0.955 bits per heavy atom. The SMILES string of the molecule is CCCCn1n[n+](Cc2ccccc2)cc1-c1ccccc1. The van der Waals surface area contributed by atoms with Crippen LogP contribution in [0.4, 0.5) is 0 Å². The zero-order chi connectivity index (χ0) is 15.2. The van der Waals surface area contributed by atoms with Gasteiger partial charge in [-0.25, -0.2) is 0 Å². The quantitative estimate of drug-likeness (QED) is 0.635. The van der Waals surface area contributed by atoms with Crippen molar-refractivity contribution in [3.8, 4) is 11.3 Å². The van der Waals surface area contributed by atoms with Gasteiger partial charge in [0.25, 0.3) is 0 Å². The average molecular weight is 292 g/mol. The number of benzene rings is 2. The summed E-state index contributed by atoms with van der Waals surface area (Å²) in [5.41, 5.74) is 3.68. The van der Waals surface area contributed by atoms with Crippen molar-refractivity contribution in [3.05, 3.63) is 72.4 Å². The van der Waals surface area contributed by atoms with Gasteiger partial charge in [0.15, 0.2) is 11.9 Å². The summed E-state index contributed by atoms with van der Waals surface area (Å²) in [7, 11) is 0. The lowest BCUT2D eigenvalue weighted by molar-refractivity contribution is -0.747. The van der Waals surface area contributed by atoms with E-state index in [1.54, 1.807) is 0 Å². The lowest BCUT2D eigenvalue weighted by Gasteiger charge is -1.98. The Hall–Kier alpha value is -2.42. The molecular formula is C19H22N3+. The lowest BCUT2D eigenvalue weighted by atomic mass is 10.1. The summed E-state index contributed by atoms with van der Waals surface area (Å²) < 4.78 is 4.16. The second-order valence-corrected chi connectivity index (χ2v) is 5.53. The second kappa shape index (κ2) is 7.03. The fourth-order valence-electron chi connectivity index (χ4n) is 2.57. The standard InChI is InChI=1S/C19H22N3/c1-2-3-14-22-19(18-12-8-5-9-13-18)16-21(20-22)15-17-10-6-4-7-11-17/h4-13,16H,2-3,14-15H2,1H3/q+1. The number of nitrogens with zero attached hydrogens (tertiary/aromatic N) is 3. The molecule has 3 heteroatoms. The highest BCUT2D eigenvalue weighted by molar-refractivity contribution is 5.57. The second-order valence-electron chi connectivity index (χ2n) is 5.53. The molecular weight excluding hydrogens is 270 g/mol. The minimum absolute atomic E-state index is 0.805. The van der Waals surface area contributed by atoms with Gasteiger partial charge < -0.3 is 0 Å². The van der Waals surface area contributed by atoms with Crippen LogP contribution in [-0.2, 0) is 13.1 Å². The molecule has 0 spiro atoms. The molecule has 0 aliphatic heterocycles. The molecule has 22 heavy (non-hydrogen) atoms. The first-order valence-corrected chi connectivity index (χ1v) is 7.93. The fraction of sp³-hybridized carbons (Fsp3) is 0.263. The monoisotopic (exact) mass is 292 g/mol. The number of hydrogen-bond donors (Lipinski definition) is 0. The van der Waals surface area contributed by atoms with E-state index in [0.29, 0.717) is 0 Å². The molecule has 0 aliphatic carbocycles. The van der Waals surface area contributed by atoms with Crippen LogP contribution in [0.3, 0.4) is 0 Å². The van der Waals surface area contributed by atoms with E-state index in [2.05, 4.69) is 66.3 Å². The van der Waals surface area contributed by atoms with Crippen molar-refractivity contribution in [2.75, 3.05) is 0 Å². The topological polar surface area (TPSA) is 21.7 Å². The van der Waals surface area contributed by atoms with Crippen molar-refractivity contribution in [1.29, 1.82) is 0 Å². The van der Waals surface area contributed by atoms with Crippen molar-refractivity contribution in [3.63, 3.8) is 0 Å². The number of aryl methyl sites for hydroxylation is 1. The summed E-state index contributed by atoms with van der Waals surface area (Å²) in [5, 5.41) is 4.75. The number of hydrogen-bond acceptors (Lipinski definition) is 1. The van der Waals surface area contributed by atoms with Crippen LogP contribution in [-0.4, -0.2) is 9.90 Å². The molecule has 112 valence electrons. The third-order valence-electron chi connectivity index (χ3n) is 3.75. The zero-order valence-electron chi connectivity index (χ0n) is 13.0. The molecule has 3 nitrogen and oxygen atoms in total. The zero-order valence-corrected chi connectivity index (χ0v) is 13.0. The van der Waals surface area contributed by atoms with Gasteiger partial charge in [0.2, 0.25) is 0 Å². The van der Waals surface area contributed by atoms with Crippen molar-refractivity contribution in [2.45, 2.75) is 32.9 Å². The predicted octanol–water partition coefficient (Wildman–Crippen LogP) is 3.69. The van der Waals surface area contributed by atoms with E-state index in [0.717, 1.165) is 19.5 Å². The van der Waals surface area contributed by atoms with Gasteiger partial charge in [-0.05, 0) is 12.0 Å². The maximum absolute atomic E-state index is 4.75. The summed E-state index contributed by atoms with van der Waals surface area (Å²) in [6.45, 7) is 3.98. The van der Waals surface area contributed by atoms with Gasteiger partial charge in [-0.2, -0.15) is 0 Å². The molecule has 0 fully saturated rings. The van der Waals surface area contributed by atoms with E-state index in [-0.39, 0.29) is 0 Å². The number of aromatic nitrogens is 3. The van der Waals surface area contributed by atoms with Crippen LogP contribution >= 0.6 is 0 Å². The van der Waals surface area contributed by atoms with Gasteiger partial charge in [-0.1, -0.05) is 74.0 Å². The number of unbranched alkanes of at least 4 members (excludes halogenated alkanes) is 1. The normalized spacial score (nSPS) is 10.8. The molecule has 0 saturated heterocycles. The van der Waals surface area contributed by atoms with Gasteiger partial charge in [0.05, 0.1) is 5.21 Å². The van der Waals surface area contributed by atoms with E-state index >= 15 is 0 Å². The first-order chi connectivity index (χ1) is 10.9. The Bertz CT molecular complexity index is 702. The van der Waals surface area contributed by atoms with Gasteiger partial charge in [0.1, 0.15) is 13.1 Å². The van der Waals surface area contributed by atoms with E-state index in [1.165, 1.54) is 23.2 Å². The Morgan fingerprint density at radius 3 is 2.32 bits per heavy atom. The highest BCUT2D eigenvalue weighted by Gasteiger charge is 2.17. The molecule has 3 rings (SSSR count). The third kappa shape index (κ3) is 3.42. The highest BCUT2D eigenvalue weighted by atomic mass is 15.5. The Balaban J connectivity index is 1.90. The molecule has 1 aromatic heterocycles. The summed E-state index contributed by atoms with van der Waals surface area (Å²) in [6, 6.07) is 21.0. The molecule has 0 saturated carbocycles. The molecule has 2 aromatic carbocycles. The molecule has 0 N–H and O–H groups in total. The minimum atomic E-state index is 0.805. The lowest BCUT2D eigenvalue weighted by Crippen LogP contribution is -2.36. The van der Waals surface area contributed by atoms with Crippen LogP contribution in [0, 0.1) is 0 Å². The minimum Gasteiger partial charge on any atom is -0.132 e. The van der Waals surface area contributed by atoms with Gasteiger partial charge in [-0.3, -0.25) is 0 Å². The molecule has 0 unspecified atom stereocenters. The average Bonchev–Trinajstić information content (AvgIpc) is 2.97. The predicted molar refractivity (Wildman–Crippen MR) is 88.3 cm³/mol. The highest BCUT2D eigenvalue weighted by Crippen LogP contribution is 2.17. The van der Waals surface area contributed by atoms with E-state index < -0.39 is 0 Å². The summed E-state index contributed by atoms with van der Waals surface area (Å²) >= 11 is 0.